The van der Waals surface area contributed by atoms with Gasteiger partial charge in [-0.3, -0.25) is 9.10 Å². The van der Waals surface area contributed by atoms with E-state index in [9.17, 15) is 13.2 Å². The lowest BCUT2D eigenvalue weighted by molar-refractivity contribution is -0.121. The smallest absolute Gasteiger partial charge is 0.243 e. The first-order chi connectivity index (χ1) is 13.7. The zero-order chi connectivity index (χ0) is 21.4. The van der Waals surface area contributed by atoms with Gasteiger partial charge < -0.3 is 19.9 Å². The molecule has 2 rings (SSSR count). The molecule has 164 valence electrons. The quantitative estimate of drug-likeness (QED) is 0.562. The van der Waals surface area contributed by atoms with Crippen LogP contribution < -0.4 is 14.4 Å². The summed E-state index contributed by atoms with van der Waals surface area (Å²) in [6.07, 6.45) is 1.95. The molecule has 1 aromatic carbocycles. The summed E-state index contributed by atoms with van der Waals surface area (Å²) in [5, 5.41) is 2.88. The van der Waals surface area contributed by atoms with Crippen LogP contribution in [0.2, 0.25) is 0 Å². The molecule has 0 bridgehead atoms. The average molecular weight is 427 g/mol. The molecular formula is C20H34N4O4S. The highest BCUT2D eigenvalue weighted by molar-refractivity contribution is 7.92. The number of carbonyl (C=O) groups excluding carboxylic acids is 1. The Morgan fingerprint density at radius 1 is 1.21 bits per heavy atom. The maximum absolute atomic E-state index is 12.6. The van der Waals surface area contributed by atoms with Gasteiger partial charge in [-0.15, -0.1) is 0 Å². The molecule has 1 N–H and O–H groups in total. The van der Waals surface area contributed by atoms with Crippen LogP contribution in [0.3, 0.4) is 0 Å². The van der Waals surface area contributed by atoms with E-state index in [1.54, 1.807) is 31.2 Å². The molecule has 0 radical (unpaired) electrons. The van der Waals surface area contributed by atoms with Gasteiger partial charge in [-0.2, -0.15) is 0 Å². The fraction of sp³-hybridized carbons (Fsp3) is 0.650. The molecule has 1 fully saturated rings. The third-order valence-corrected chi connectivity index (χ3v) is 6.28. The number of nitrogens with zero attached hydrogens (tertiary/aromatic N) is 3. The molecule has 1 amide bonds. The lowest BCUT2D eigenvalue weighted by atomic mass is 10.2. The molecule has 1 aliphatic rings. The van der Waals surface area contributed by atoms with Crippen LogP contribution in [0.5, 0.6) is 5.75 Å². The maximum atomic E-state index is 12.6. The molecule has 0 aliphatic carbocycles. The standard InChI is InChI=1S/C20H34N4O4S/c1-5-28-19-9-7-18(8-10-19)24(29(4,26)27)17(2)20(25)21-11-6-12-23-15-13-22(3)14-16-23/h7-10,17H,5-6,11-16H2,1-4H3,(H,21,25)/t17-/m1/s1. The Morgan fingerprint density at radius 2 is 1.83 bits per heavy atom. The Kier molecular flexibility index (Phi) is 8.73. The Morgan fingerprint density at radius 3 is 2.38 bits per heavy atom. The summed E-state index contributed by atoms with van der Waals surface area (Å²) in [6.45, 7) is 9.68. The normalized spacial score (nSPS) is 17.0. The minimum absolute atomic E-state index is 0.303. The molecule has 1 aromatic rings. The van der Waals surface area contributed by atoms with Gasteiger partial charge in [0.15, 0.2) is 0 Å². The molecule has 0 saturated carbocycles. The van der Waals surface area contributed by atoms with Crippen LogP contribution in [0, 0.1) is 0 Å². The van der Waals surface area contributed by atoms with Crippen molar-refractivity contribution in [2.24, 2.45) is 0 Å². The van der Waals surface area contributed by atoms with Crippen molar-refractivity contribution in [3.05, 3.63) is 24.3 Å². The van der Waals surface area contributed by atoms with E-state index in [1.165, 1.54) is 0 Å². The van der Waals surface area contributed by atoms with E-state index in [0.29, 0.717) is 24.6 Å². The van der Waals surface area contributed by atoms with Gasteiger partial charge in [-0.25, -0.2) is 8.42 Å². The number of likely N-dealkylation sites (N-methyl/N-ethyl adjacent to an activating group) is 1. The van der Waals surface area contributed by atoms with Gasteiger partial charge >= 0.3 is 0 Å². The number of carbonyl (C=O) groups is 1. The van der Waals surface area contributed by atoms with E-state index in [2.05, 4.69) is 22.2 Å². The minimum Gasteiger partial charge on any atom is -0.494 e. The highest BCUT2D eigenvalue weighted by atomic mass is 32.2. The Hall–Kier alpha value is -1.84. The first-order valence-electron chi connectivity index (χ1n) is 10.1. The average Bonchev–Trinajstić information content (AvgIpc) is 2.67. The van der Waals surface area contributed by atoms with E-state index >= 15 is 0 Å². The zero-order valence-corrected chi connectivity index (χ0v) is 18.7. The number of nitrogens with one attached hydrogen (secondary N) is 1. The van der Waals surface area contributed by atoms with Crippen molar-refractivity contribution in [1.29, 1.82) is 0 Å². The Bertz CT molecular complexity index is 746. The molecule has 1 heterocycles. The van der Waals surface area contributed by atoms with E-state index in [-0.39, 0.29) is 5.91 Å². The summed E-state index contributed by atoms with van der Waals surface area (Å²) < 4.78 is 31.3. The van der Waals surface area contributed by atoms with Gasteiger partial charge in [0.2, 0.25) is 15.9 Å². The first-order valence-corrected chi connectivity index (χ1v) is 12.0. The van der Waals surface area contributed by atoms with Crippen LogP contribution >= 0.6 is 0 Å². The molecule has 0 aromatic heterocycles. The second-order valence-electron chi connectivity index (χ2n) is 7.45. The Labute approximate surface area is 174 Å². The number of piperazine rings is 1. The molecule has 0 unspecified atom stereocenters. The topological polar surface area (TPSA) is 82.2 Å². The van der Waals surface area contributed by atoms with Gasteiger partial charge in [0.25, 0.3) is 0 Å². The molecule has 8 nitrogen and oxygen atoms in total. The Balaban J connectivity index is 1.91. The molecule has 29 heavy (non-hydrogen) atoms. The highest BCUT2D eigenvalue weighted by Crippen LogP contribution is 2.24. The van der Waals surface area contributed by atoms with Crippen molar-refractivity contribution in [3.63, 3.8) is 0 Å². The fourth-order valence-corrected chi connectivity index (χ4v) is 4.57. The first kappa shape index (κ1) is 23.4. The van der Waals surface area contributed by atoms with Crippen molar-refractivity contribution in [2.45, 2.75) is 26.3 Å². The summed E-state index contributed by atoms with van der Waals surface area (Å²) in [5.74, 6) is 0.355. The van der Waals surface area contributed by atoms with E-state index in [0.717, 1.165) is 49.7 Å². The van der Waals surface area contributed by atoms with Crippen LogP contribution in [-0.4, -0.2) is 89.3 Å². The van der Waals surface area contributed by atoms with Crippen LogP contribution in [0.25, 0.3) is 0 Å². The lowest BCUT2D eigenvalue weighted by Crippen LogP contribution is -2.48. The largest absolute Gasteiger partial charge is 0.494 e. The molecular weight excluding hydrogens is 392 g/mol. The van der Waals surface area contributed by atoms with Crippen molar-refractivity contribution >= 4 is 21.6 Å². The number of hydrogen-bond acceptors (Lipinski definition) is 6. The third-order valence-electron chi connectivity index (χ3n) is 5.04. The summed E-state index contributed by atoms with van der Waals surface area (Å²) >= 11 is 0. The van der Waals surface area contributed by atoms with Crippen molar-refractivity contribution < 1.29 is 17.9 Å². The van der Waals surface area contributed by atoms with Crippen molar-refractivity contribution in [3.8, 4) is 5.75 Å². The summed E-state index contributed by atoms with van der Waals surface area (Å²) in [4.78, 5) is 17.3. The van der Waals surface area contributed by atoms with Gasteiger partial charge in [0, 0.05) is 32.7 Å². The molecule has 1 saturated heterocycles. The summed E-state index contributed by atoms with van der Waals surface area (Å²) in [7, 11) is -1.50. The van der Waals surface area contributed by atoms with E-state index < -0.39 is 16.1 Å². The van der Waals surface area contributed by atoms with Gasteiger partial charge in [-0.05, 0) is 58.1 Å². The molecule has 0 spiro atoms. The number of hydrogen-bond donors (Lipinski definition) is 1. The number of ether oxygens (including phenoxy) is 1. The van der Waals surface area contributed by atoms with Gasteiger partial charge in [0.05, 0.1) is 18.6 Å². The molecule has 1 atom stereocenters. The second kappa shape index (κ2) is 10.8. The van der Waals surface area contributed by atoms with E-state index in [1.807, 2.05) is 6.92 Å². The summed E-state index contributed by atoms with van der Waals surface area (Å²) in [6, 6.07) is 5.88. The number of rotatable bonds is 10. The predicted octanol–water partition coefficient (Wildman–Crippen LogP) is 0.994. The number of benzene rings is 1. The number of amides is 1. The maximum Gasteiger partial charge on any atom is 0.243 e. The van der Waals surface area contributed by atoms with Crippen molar-refractivity contribution in [1.82, 2.24) is 15.1 Å². The number of sulfonamides is 1. The molecule has 1 aliphatic heterocycles. The van der Waals surface area contributed by atoms with Crippen LogP contribution in [0.1, 0.15) is 20.3 Å². The predicted molar refractivity (Wildman–Crippen MR) is 116 cm³/mol. The monoisotopic (exact) mass is 426 g/mol. The van der Waals surface area contributed by atoms with E-state index in [4.69, 9.17) is 4.74 Å². The van der Waals surface area contributed by atoms with Gasteiger partial charge in [-0.1, -0.05) is 0 Å². The van der Waals surface area contributed by atoms with Crippen LogP contribution in [0.15, 0.2) is 24.3 Å². The van der Waals surface area contributed by atoms with Gasteiger partial charge in [0.1, 0.15) is 11.8 Å². The fourth-order valence-electron chi connectivity index (χ4n) is 3.40. The van der Waals surface area contributed by atoms with Crippen molar-refractivity contribution in [2.75, 3.05) is 63.5 Å². The summed E-state index contributed by atoms with van der Waals surface area (Å²) in [5.41, 5.74) is 0.441. The molecule has 9 heteroatoms. The zero-order valence-electron chi connectivity index (χ0n) is 17.9. The number of anilines is 1. The highest BCUT2D eigenvalue weighted by Gasteiger charge is 2.29. The third kappa shape index (κ3) is 7.17. The SMILES string of the molecule is CCOc1ccc(N([C@H](C)C(=O)NCCCN2CCN(C)CC2)S(C)(=O)=O)cc1. The van der Waals surface area contributed by atoms with Crippen LogP contribution in [0.4, 0.5) is 5.69 Å². The minimum atomic E-state index is -3.62. The van der Waals surface area contributed by atoms with Crippen LogP contribution in [-0.2, 0) is 14.8 Å². The second-order valence-corrected chi connectivity index (χ2v) is 9.31. The lowest BCUT2D eigenvalue weighted by Gasteiger charge is -2.32.